The van der Waals surface area contributed by atoms with Crippen LogP contribution in [0.15, 0.2) is 11.9 Å². The molecule has 3 nitrogen and oxygen atoms in total. The van der Waals surface area contributed by atoms with Crippen molar-refractivity contribution in [2.75, 3.05) is 0 Å². The molecule has 0 unspecified atom stereocenters. The van der Waals surface area contributed by atoms with Crippen LogP contribution in [0.5, 0.6) is 0 Å². The molecule has 0 aliphatic carbocycles. The molecule has 0 heterocycles. The molecule has 6 heteroatoms. The first-order chi connectivity index (χ1) is 5.73. The molecule has 0 aromatic carbocycles. The van der Waals surface area contributed by atoms with E-state index in [2.05, 4.69) is 5.32 Å². The maximum Gasteiger partial charge on any atom is 0.432 e. The summed E-state index contributed by atoms with van der Waals surface area (Å²) in [5, 5.41) is 9.14. The SMILES string of the molecule is CC(C)N/C(N)=C\C(=N)C(F)(F)F. The second kappa shape index (κ2) is 4.15. The highest BCUT2D eigenvalue weighted by Crippen LogP contribution is 2.16. The zero-order valence-corrected chi connectivity index (χ0v) is 7.37. The first kappa shape index (κ1) is 11.8. The standard InChI is InChI=1S/C7H12F3N3/c1-4(2)13-6(12)3-5(11)7(8,9)10/h3-4,11,13H,12H2,1-2H3/b6-3-,11-5?. The van der Waals surface area contributed by atoms with E-state index in [1.807, 2.05) is 0 Å². The van der Waals surface area contributed by atoms with E-state index in [0.717, 1.165) is 0 Å². The minimum Gasteiger partial charge on any atom is -0.385 e. The Balaban J connectivity index is 4.32. The van der Waals surface area contributed by atoms with Crippen LogP contribution in [0.4, 0.5) is 13.2 Å². The molecule has 0 saturated heterocycles. The minimum absolute atomic E-state index is 0.0581. The molecule has 0 spiro atoms. The van der Waals surface area contributed by atoms with E-state index in [1.165, 1.54) is 0 Å². The number of alkyl halides is 3. The molecule has 4 N–H and O–H groups in total. The van der Waals surface area contributed by atoms with Gasteiger partial charge in [-0.05, 0) is 13.8 Å². The van der Waals surface area contributed by atoms with Crippen LogP contribution >= 0.6 is 0 Å². The summed E-state index contributed by atoms with van der Waals surface area (Å²) < 4.78 is 35.4. The number of hydrogen-bond donors (Lipinski definition) is 3. The molecule has 0 rings (SSSR count). The largest absolute Gasteiger partial charge is 0.432 e. The van der Waals surface area contributed by atoms with E-state index >= 15 is 0 Å². The summed E-state index contributed by atoms with van der Waals surface area (Å²) in [5.41, 5.74) is 3.72. The molecule has 0 aromatic rings. The van der Waals surface area contributed by atoms with Crippen molar-refractivity contribution in [3.63, 3.8) is 0 Å². The number of hydrogen-bond acceptors (Lipinski definition) is 3. The topological polar surface area (TPSA) is 61.9 Å². The fourth-order valence-corrected chi connectivity index (χ4v) is 0.612. The van der Waals surface area contributed by atoms with Gasteiger partial charge >= 0.3 is 6.18 Å². The van der Waals surface area contributed by atoms with Gasteiger partial charge < -0.3 is 11.1 Å². The van der Waals surface area contributed by atoms with Crippen molar-refractivity contribution in [3.8, 4) is 0 Å². The van der Waals surface area contributed by atoms with Gasteiger partial charge in [0.15, 0.2) is 0 Å². The second-order valence-corrected chi connectivity index (χ2v) is 2.81. The van der Waals surface area contributed by atoms with E-state index in [-0.39, 0.29) is 11.9 Å². The number of halogens is 3. The lowest BCUT2D eigenvalue weighted by molar-refractivity contribution is -0.0584. The van der Waals surface area contributed by atoms with Crippen LogP contribution in [-0.4, -0.2) is 17.9 Å². The summed E-state index contributed by atoms with van der Waals surface area (Å²) >= 11 is 0. The molecule has 13 heavy (non-hydrogen) atoms. The van der Waals surface area contributed by atoms with Gasteiger partial charge in [0, 0.05) is 12.1 Å². The first-order valence-corrected chi connectivity index (χ1v) is 3.63. The summed E-state index contributed by atoms with van der Waals surface area (Å²) in [5.74, 6) is -0.155. The van der Waals surface area contributed by atoms with Crippen molar-refractivity contribution < 1.29 is 13.2 Å². The van der Waals surface area contributed by atoms with Crippen molar-refractivity contribution in [3.05, 3.63) is 11.9 Å². The van der Waals surface area contributed by atoms with E-state index < -0.39 is 11.9 Å². The van der Waals surface area contributed by atoms with Gasteiger partial charge in [-0.25, -0.2) is 0 Å². The van der Waals surface area contributed by atoms with E-state index in [4.69, 9.17) is 11.1 Å². The Hall–Kier alpha value is -1.20. The highest BCUT2D eigenvalue weighted by Gasteiger charge is 2.32. The molecular formula is C7H12F3N3. The van der Waals surface area contributed by atoms with Gasteiger partial charge in [-0.15, -0.1) is 0 Å². The normalized spacial score (nSPS) is 13.2. The summed E-state index contributed by atoms with van der Waals surface area (Å²) in [7, 11) is 0. The molecule has 0 atom stereocenters. The van der Waals surface area contributed by atoms with Crippen LogP contribution < -0.4 is 11.1 Å². The lowest BCUT2D eigenvalue weighted by Gasteiger charge is -2.10. The van der Waals surface area contributed by atoms with Crippen LogP contribution in [-0.2, 0) is 0 Å². The van der Waals surface area contributed by atoms with Gasteiger partial charge in [0.25, 0.3) is 0 Å². The van der Waals surface area contributed by atoms with E-state index in [1.54, 1.807) is 13.8 Å². The summed E-state index contributed by atoms with van der Waals surface area (Å²) in [6, 6.07) is -0.0581. The number of rotatable bonds is 3. The zero-order valence-electron chi connectivity index (χ0n) is 7.37. The Morgan fingerprint density at radius 3 is 2.23 bits per heavy atom. The fourth-order valence-electron chi connectivity index (χ4n) is 0.612. The van der Waals surface area contributed by atoms with Crippen LogP contribution in [0.1, 0.15) is 13.8 Å². The molecule has 0 saturated carbocycles. The Morgan fingerprint density at radius 2 is 1.92 bits per heavy atom. The average Bonchev–Trinajstić information content (AvgIpc) is 1.82. The number of nitrogens with one attached hydrogen (secondary N) is 2. The van der Waals surface area contributed by atoms with E-state index in [9.17, 15) is 13.2 Å². The second-order valence-electron chi connectivity index (χ2n) is 2.81. The molecule has 0 amide bonds. The average molecular weight is 195 g/mol. The molecule has 0 aromatic heterocycles. The van der Waals surface area contributed by atoms with Gasteiger partial charge in [0.1, 0.15) is 5.71 Å². The Kier molecular flexibility index (Phi) is 3.77. The van der Waals surface area contributed by atoms with Crippen molar-refractivity contribution in [2.45, 2.75) is 26.1 Å². The van der Waals surface area contributed by atoms with Crippen LogP contribution in [0.3, 0.4) is 0 Å². The van der Waals surface area contributed by atoms with Gasteiger partial charge in [0.2, 0.25) is 0 Å². The number of nitrogens with two attached hydrogens (primary N) is 1. The zero-order chi connectivity index (χ0) is 10.6. The maximum atomic E-state index is 11.8. The van der Waals surface area contributed by atoms with Gasteiger partial charge in [-0.2, -0.15) is 13.2 Å². The van der Waals surface area contributed by atoms with Gasteiger partial charge in [-0.1, -0.05) is 0 Å². The Labute approximate surface area is 74.3 Å². The highest BCUT2D eigenvalue weighted by atomic mass is 19.4. The Morgan fingerprint density at radius 1 is 1.46 bits per heavy atom. The fraction of sp³-hybridized carbons (Fsp3) is 0.571. The van der Waals surface area contributed by atoms with Crippen LogP contribution in [0, 0.1) is 5.41 Å². The van der Waals surface area contributed by atoms with Crippen molar-refractivity contribution >= 4 is 5.71 Å². The minimum atomic E-state index is -4.64. The lowest BCUT2D eigenvalue weighted by atomic mass is 10.3. The van der Waals surface area contributed by atoms with Crippen LogP contribution in [0.25, 0.3) is 0 Å². The summed E-state index contributed by atoms with van der Waals surface area (Å²) in [6.45, 7) is 3.47. The third-order valence-electron chi connectivity index (χ3n) is 1.06. The monoisotopic (exact) mass is 195 g/mol. The number of allylic oxidation sites excluding steroid dienone is 1. The maximum absolute atomic E-state index is 11.8. The predicted molar refractivity (Wildman–Crippen MR) is 44.3 cm³/mol. The summed E-state index contributed by atoms with van der Waals surface area (Å²) in [6.07, 6.45) is -4.08. The van der Waals surface area contributed by atoms with Crippen LogP contribution in [0.2, 0.25) is 0 Å². The highest BCUT2D eigenvalue weighted by molar-refractivity contribution is 5.97. The van der Waals surface area contributed by atoms with Gasteiger partial charge in [0.05, 0.1) is 5.82 Å². The van der Waals surface area contributed by atoms with Crippen molar-refractivity contribution in [1.82, 2.24) is 5.32 Å². The summed E-state index contributed by atoms with van der Waals surface area (Å²) in [4.78, 5) is 0. The molecule has 0 radical (unpaired) electrons. The Bertz CT molecular complexity index is 218. The molecule has 0 bridgehead atoms. The molecule has 0 aliphatic rings. The van der Waals surface area contributed by atoms with Crippen molar-refractivity contribution in [1.29, 1.82) is 5.41 Å². The molecular weight excluding hydrogens is 183 g/mol. The predicted octanol–water partition coefficient (Wildman–Crippen LogP) is 1.37. The smallest absolute Gasteiger partial charge is 0.385 e. The molecule has 0 aliphatic heterocycles. The third-order valence-corrected chi connectivity index (χ3v) is 1.06. The van der Waals surface area contributed by atoms with Gasteiger partial charge in [-0.3, -0.25) is 5.41 Å². The van der Waals surface area contributed by atoms with E-state index in [0.29, 0.717) is 6.08 Å². The lowest BCUT2D eigenvalue weighted by Crippen LogP contribution is -2.30. The quantitative estimate of drug-likeness (QED) is 0.595. The first-order valence-electron chi connectivity index (χ1n) is 3.63. The third kappa shape index (κ3) is 5.10. The van der Waals surface area contributed by atoms with Crippen molar-refractivity contribution in [2.24, 2.45) is 5.73 Å². The molecule has 0 fully saturated rings. The molecule has 76 valence electrons.